The van der Waals surface area contributed by atoms with Gasteiger partial charge in [-0.15, -0.1) is 0 Å². The minimum atomic E-state index is -0.221. The Balaban J connectivity index is 2.26. The van der Waals surface area contributed by atoms with E-state index in [1.54, 1.807) is 31.4 Å². The molecule has 0 unspecified atom stereocenters. The Morgan fingerprint density at radius 3 is 2.56 bits per heavy atom. The van der Waals surface area contributed by atoms with Crippen LogP contribution in [0.4, 0.5) is 5.69 Å². The Bertz CT molecular complexity index is 322. The van der Waals surface area contributed by atoms with Gasteiger partial charge in [0, 0.05) is 25.8 Å². The van der Waals surface area contributed by atoms with Crippen molar-refractivity contribution in [3.8, 4) is 5.75 Å². The van der Waals surface area contributed by atoms with Crippen LogP contribution in [-0.4, -0.2) is 19.7 Å². The third-order valence-corrected chi connectivity index (χ3v) is 2.09. The summed E-state index contributed by atoms with van der Waals surface area (Å²) in [5.74, 6) is 0.312. The van der Waals surface area contributed by atoms with Crippen molar-refractivity contribution in [2.45, 2.75) is 19.3 Å². The van der Waals surface area contributed by atoms with Gasteiger partial charge < -0.3 is 15.2 Å². The highest BCUT2D eigenvalue weighted by molar-refractivity contribution is 5.72. The van der Waals surface area contributed by atoms with Gasteiger partial charge in [0.1, 0.15) is 5.75 Å². The van der Waals surface area contributed by atoms with Gasteiger partial charge in [0.25, 0.3) is 0 Å². The lowest BCUT2D eigenvalue weighted by molar-refractivity contribution is -0.134. The number of methoxy groups -OCH3 is 1. The molecule has 4 nitrogen and oxygen atoms in total. The number of hydrogen-bond donors (Lipinski definition) is 1. The van der Waals surface area contributed by atoms with Crippen LogP contribution in [0.3, 0.4) is 0 Å². The summed E-state index contributed by atoms with van der Waals surface area (Å²) in [5, 5.41) is 0. The number of benzene rings is 1. The van der Waals surface area contributed by atoms with E-state index >= 15 is 0 Å². The van der Waals surface area contributed by atoms with Crippen LogP contribution >= 0.6 is 0 Å². The van der Waals surface area contributed by atoms with Gasteiger partial charge in [0.05, 0.1) is 0 Å². The first kappa shape index (κ1) is 12.5. The van der Waals surface area contributed by atoms with Crippen molar-refractivity contribution in [2.75, 3.05) is 19.5 Å². The molecule has 1 rings (SSSR count). The van der Waals surface area contributed by atoms with Gasteiger partial charge in [0.15, 0.2) is 0 Å². The van der Waals surface area contributed by atoms with Gasteiger partial charge in [-0.05, 0) is 37.1 Å². The molecule has 0 fully saturated rings. The van der Waals surface area contributed by atoms with Crippen molar-refractivity contribution in [1.29, 1.82) is 0 Å². The molecule has 0 saturated heterocycles. The fraction of sp³-hybridized carbons (Fsp3) is 0.417. The molecule has 0 bridgehead atoms. The molecule has 0 aliphatic heterocycles. The Hall–Kier alpha value is -1.55. The number of anilines is 1. The molecule has 0 spiro atoms. The quantitative estimate of drug-likeness (QED) is 0.347. The Morgan fingerprint density at radius 2 is 1.94 bits per heavy atom. The van der Waals surface area contributed by atoms with Crippen LogP contribution in [0, 0.1) is 0 Å². The normalized spacial score (nSPS) is 10.1. The first-order valence-corrected chi connectivity index (χ1v) is 5.27. The highest BCUT2D eigenvalue weighted by atomic mass is 16.5. The Labute approximate surface area is 95.3 Å². The van der Waals surface area contributed by atoms with Crippen LogP contribution in [0.1, 0.15) is 19.3 Å². The molecule has 0 aliphatic carbocycles. The smallest absolute Gasteiger partial charge is 0.311 e. The standard InChI is InChI=1S/C12H17NO3/c1-15-9-3-2-4-12(14)16-11-7-5-10(13)6-8-11/h5-8H,2-4,9,13H2,1H3. The number of hydrogen-bond acceptors (Lipinski definition) is 4. The first-order chi connectivity index (χ1) is 7.72. The second-order valence-corrected chi connectivity index (χ2v) is 3.49. The summed E-state index contributed by atoms with van der Waals surface area (Å²) in [6.07, 6.45) is 2.06. The second-order valence-electron chi connectivity index (χ2n) is 3.49. The molecule has 4 heteroatoms. The summed E-state index contributed by atoms with van der Waals surface area (Å²) in [5.41, 5.74) is 6.17. The van der Waals surface area contributed by atoms with Crippen molar-refractivity contribution in [2.24, 2.45) is 0 Å². The van der Waals surface area contributed by atoms with E-state index < -0.39 is 0 Å². The third-order valence-electron chi connectivity index (χ3n) is 2.09. The van der Waals surface area contributed by atoms with Gasteiger partial charge in [-0.25, -0.2) is 0 Å². The highest BCUT2D eigenvalue weighted by Crippen LogP contribution is 2.14. The summed E-state index contributed by atoms with van der Waals surface area (Å²) in [6.45, 7) is 0.676. The number of carbonyl (C=O) groups excluding carboxylic acids is 1. The molecule has 0 aromatic heterocycles. The van der Waals surface area contributed by atoms with E-state index in [4.69, 9.17) is 15.2 Å². The van der Waals surface area contributed by atoms with E-state index in [0.717, 1.165) is 12.8 Å². The summed E-state index contributed by atoms with van der Waals surface area (Å²) in [6, 6.07) is 6.77. The Kier molecular flexibility index (Phi) is 5.36. The number of carbonyl (C=O) groups is 1. The maximum atomic E-state index is 11.4. The molecule has 1 aromatic carbocycles. The number of esters is 1. The molecule has 0 aliphatic rings. The predicted molar refractivity (Wildman–Crippen MR) is 62.2 cm³/mol. The van der Waals surface area contributed by atoms with E-state index in [1.165, 1.54) is 0 Å². The molecule has 16 heavy (non-hydrogen) atoms. The molecule has 0 saturated carbocycles. The lowest BCUT2D eigenvalue weighted by atomic mass is 10.2. The summed E-state index contributed by atoms with van der Waals surface area (Å²) >= 11 is 0. The molecular weight excluding hydrogens is 206 g/mol. The number of unbranched alkanes of at least 4 members (excludes halogenated alkanes) is 1. The minimum absolute atomic E-state index is 0.221. The maximum Gasteiger partial charge on any atom is 0.311 e. The summed E-state index contributed by atoms with van der Waals surface area (Å²) < 4.78 is 10.0. The van der Waals surface area contributed by atoms with Crippen LogP contribution in [-0.2, 0) is 9.53 Å². The molecule has 1 aromatic rings. The fourth-order valence-electron chi connectivity index (χ4n) is 1.23. The van der Waals surface area contributed by atoms with Crippen LogP contribution in [0.2, 0.25) is 0 Å². The average molecular weight is 223 g/mol. The van der Waals surface area contributed by atoms with E-state index in [1.807, 2.05) is 0 Å². The molecule has 0 atom stereocenters. The minimum Gasteiger partial charge on any atom is -0.427 e. The van der Waals surface area contributed by atoms with E-state index in [9.17, 15) is 4.79 Å². The lowest BCUT2D eigenvalue weighted by Crippen LogP contribution is -2.08. The van der Waals surface area contributed by atoms with Crippen molar-refractivity contribution in [3.05, 3.63) is 24.3 Å². The molecule has 0 amide bonds. The monoisotopic (exact) mass is 223 g/mol. The molecule has 88 valence electrons. The van der Waals surface area contributed by atoms with Crippen LogP contribution in [0.15, 0.2) is 24.3 Å². The summed E-state index contributed by atoms with van der Waals surface area (Å²) in [7, 11) is 1.65. The molecule has 0 heterocycles. The average Bonchev–Trinajstić information content (AvgIpc) is 2.28. The van der Waals surface area contributed by atoms with Crippen molar-refractivity contribution in [1.82, 2.24) is 0 Å². The van der Waals surface area contributed by atoms with Crippen LogP contribution in [0.5, 0.6) is 5.75 Å². The zero-order valence-electron chi connectivity index (χ0n) is 9.44. The zero-order chi connectivity index (χ0) is 11.8. The second kappa shape index (κ2) is 6.85. The first-order valence-electron chi connectivity index (χ1n) is 5.27. The van der Waals surface area contributed by atoms with Gasteiger partial charge in [0.2, 0.25) is 0 Å². The predicted octanol–water partition coefficient (Wildman–Crippen LogP) is 1.99. The van der Waals surface area contributed by atoms with Crippen LogP contribution in [0.25, 0.3) is 0 Å². The maximum absolute atomic E-state index is 11.4. The fourth-order valence-corrected chi connectivity index (χ4v) is 1.23. The topological polar surface area (TPSA) is 61.5 Å². The largest absolute Gasteiger partial charge is 0.427 e. The van der Waals surface area contributed by atoms with Gasteiger partial charge >= 0.3 is 5.97 Å². The number of nitrogens with two attached hydrogens (primary N) is 1. The third kappa shape index (κ3) is 4.79. The lowest BCUT2D eigenvalue weighted by Gasteiger charge is -2.04. The Morgan fingerprint density at radius 1 is 1.25 bits per heavy atom. The number of nitrogen functional groups attached to an aromatic ring is 1. The van der Waals surface area contributed by atoms with Gasteiger partial charge in [-0.2, -0.15) is 0 Å². The number of ether oxygens (including phenoxy) is 2. The summed E-state index contributed by atoms with van der Waals surface area (Å²) in [4.78, 5) is 11.4. The van der Waals surface area contributed by atoms with Gasteiger partial charge in [-0.1, -0.05) is 0 Å². The van der Waals surface area contributed by atoms with Crippen molar-refractivity contribution < 1.29 is 14.3 Å². The van der Waals surface area contributed by atoms with E-state index in [0.29, 0.717) is 24.5 Å². The molecule has 2 N–H and O–H groups in total. The van der Waals surface area contributed by atoms with Gasteiger partial charge in [-0.3, -0.25) is 4.79 Å². The number of rotatable bonds is 6. The van der Waals surface area contributed by atoms with Crippen LogP contribution < -0.4 is 10.5 Å². The van der Waals surface area contributed by atoms with E-state index in [2.05, 4.69) is 0 Å². The molecule has 0 radical (unpaired) electrons. The highest BCUT2D eigenvalue weighted by Gasteiger charge is 2.04. The van der Waals surface area contributed by atoms with Crippen molar-refractivity contribution >= 4 is 11.7 Å². The van der Waals surface area contributed by atoms with E-state index in [-0.39, 0.29) is 5.97 Å². The SMILES string of the molecule is COCCCCC(=O)Oc1ccc(N)cc1. The van der Waals surface area contributed by atoms with Crippen molar-refractivity contribution in [3.63, 3.8) is 0 Å². The molecular formula is C12H17NO3. The zero-order valence-corrected chi connectivity index (χ0v) is 9.44.